The Balaban J connectivity index is 0.000000547. The van der Waals surface area contributed by atoms with E-state index < -0.39 is 0 Å². The molecule has 0 aromatic carbocycles. The molecule has 82 heavy (non-hydrogen) atoms. The summed E-state index contributed by atoms with van der Waals surface area (Å²) in [6.07, 6.45) is 27.8. The Bertz CT molecular complexity index is 2600. The third kappa shape index (κ3) is 47.3. The summed E-state index contributed by atoms with van der Waals surface area (Å²) in [7, 11) is 0. The summed E-state index contributed by atoms with van der Waals surface area (Å²) < 4.78 is 7.85. The average molecular weight is 1130 g/mol. The monoisotopic (exact) mass is 1130 g/mol. The topological polar surface area (TPSA) is 123 Å². The van der Waals surface area contributed by atoms with E-state index in [0.717, 1.165) is 126 Å². The quantitative estimate of drug-likeness (QED) is 0.0563. The molecule has 0 saturated heterocycles. The number of aromatic nitrogens is 12. The first kappa shape index (κ1) is 74.8. The van der Waals surface area contributed by atoms with Gasteiger partial charge in [0.2, 0.25) is 0 Å². The van der Waals surface area contributed by atoms with Gasteiger partial charge in [0, 0.05) is 98.3 Å². The lowest BCUT2D eigenvalue weighted by Crippen LogP contribution is -2.09. The number of rotatable bonds is 22. The lowest BCUT2D eigenvalue weighted by molar-refractivity contribution is 0.405. The lowest BCUT2D eigenvalue weighted by Gasteiger charge is -2.15. The summed E-state index contributed by atoms with van der Waals surface area (Å²) in [5, 5.41) is 33.7. The second-order valence-electron chi connectivity index (χ2n) is 31.6. The highest BCUT2D eigenvalue weighted by Gasteiger charge is 2.17. The fourth-order valence-corrected chi connectivity index (χ4v) is 7.92. The predicted octanol–water partition coefficient (Wildman–Crippen LogP) is 17.1. The Morgan fingerprint density at radius 2 is 0.463 bits per heavy atom. The average Bonchev–Trinajstić information content (AvgIpc) is 4.19. The maximum Gasteiger partial charge on any atom is 0.0832 e. The van der Waals surface area contributed by atoms with Gasteiger partial charge < -0.3 is 0 Å². The van der Waals surface area contributed by atoms with Crippen LogP contribution in [0.2, 0.25) is 0 Å². The molecule has 0 atom stereocenters. The zero-order chi connectivity index (χ0) is 62.3. The van der Waals surface area contributed by atoms with Gasteiger partial charge >= 0.3 is 0 Å². The van der Waals surface area contributed by atoms with Crippen LogP contribution in [0.25, 0.3) is 0 Å². The largest absolute Gasteiger partial charge is 0.252 e. The molecule has 0 fully saturated rings. The highest BCUT2D eigenvalue weighted by Crippen LogP contribution is 2.22. The van der Waals surface area contributed by atoms with E-state index in [1.807, 2.05) is 18.7 Å². The summed E-state index contributed by atoms with van der Waals surface area (Å²) in [6.45, 7) is 56.2. The first-order valence-corrected chi connectivity index (χ1v) is 31.2. The van der Waals surface area contributed by atoms with Crippen LogP contribution in [-0.2, 0) is 51.9 Å². The third-order valence-corrected chi connectivity index (χ3v) is 11.3. The molecule has 4 aromatic rings. The van der Waals surface area contributed by atoms with Crippen molar-refractivity contribution in [3.63, 3.8) is 0 Å². The van der Waals surface area contributed by atoms with Crippen LogP contribution in [0.4, 0.5) is 0 Å². The molecule has 4 heterocycles. The summed E-state index contributed by atoms with van der Waals surface area (Å²) in [4.78, 5) is 0. The van der Waals surface area contributed by atoms with E-state index in [1.165, 1.54) is 38.5 Å². The minimum atomic E-state index is 0.104. The van der Waals surface area contributed by atoms with Crippen LogP contribution in [0.3, 0.4) is 0 Å². The van der Waals surface area contributed by atoms with E-state index in [-0.39, 0.29) is 43.3 Å². The Morgan fingerprint density at radius 3 is 0.707 bits per heavy atom. The van der Waals surface area contributed by atoms with Gasteiger partial charge in [-0.15, -0.1) is 44.1 Å². The van der Waals surface area contributed by atoms with E-state index >= 15 is 0 Å². The first-order chi connectivity index (χ1) is 37.6. The van der Waals surface area contributed by atoms with Gasteiger partial charge in [-0.3, -0.25) is 18.7 Å². The maximum atomic E-state index is 4.26. The molecule has 0 aliphatic rings. The predicted molar refractivity (Wildman–Crippen MR) is 346 cm³/mol. The number of nitrogens with zero attached hydrogens (tertiary/aromatic N) is 12. The number of aryl methyl sites for hydroxylation is 4. The van der Waals surface area contributed by atoms with Gasteiger partial charge in [0.25, 0.3) is 0 Å². The van der Waals surface area contributed by atoms with Gasteiger partial charge in [0.05, 0.1) is 22.8 Å². The Kier molecular flexibility index (Phi) is 32.7. The molecule has 0 saturated carbocycles. The minimum absolute atomic E-state index is 0.104. The number of unbranched alkanes of at least 4 members (excludes halogenated alkanes) is 10. The molecule has 0 aliphatic carbocycles. The van der Waals surface area contributed by atoms with Crippen molar-refractivity contribution in [3.8, 4) is 47.4 Å². The molecule has 0 spiro atoms. The van der Waals surface area contributed by atoms with Crippen molar-refractivity contribution in [2.24, 2.45) is 43.3 Å². The second kappa shape index (κ2) is 35.8. The SMILES string of the molecule is CC(C)(C)C#CCCCCCCn1cc(CC(C)(C)C)nn1.CC(C)(C)C#CCCCCCn1cc(CC(C)(C)C)nn1.CC(C)(C)C#CCCCCn1cc(CC(C)(C)C)nn1.CC(C)(C)C#CCCCn1cc(CC(C)(C)C)nn1. The molecule has 0 bridgehead atoms. The van der Waals surface area contributed by atoms with Crippen molar-refractivity contribution in [1.82, 2.24) is 60.0 Å². The first-order valence-electron chi connectivity index (χ1n) is 31.2. The smallest absolute Gasteiger partial charge is 0.0832 e. The summed E-state index contributed by atoms with van der Waals surface area (Å²) in [5.41, 5.74) is 5.93. The van der Waals surface area contributed by atoms with Gasteiger partial charge in [-0.2, -0.15) is 0 Å². The van der Waals surface area contributed by atoms with Gasteiger partial charge in [0.15, 0.2) is 0 Å². The van der Waals surface area contributed by atoms with Crippen molar-refractivity contribution in [2.45, 2.75) is 308 Å². The summed E-state index contributed by atoms with van der Waals surface area (Å²) >= 11 is 0. The minimum Gasteiger partial charge on any atom is -0.252 e. The van der Waals surface area contributed by atoms with E-state index in [9.17, 15) is 0 Å². The molecule has 12 nitrogen and oxygen atoms in total. The fourth-order valence-electron chi connectivity index (χ4n) is 7.92. The molecule has 460 valence electrons. The van der Waals surface area contributed by atoms with Crippen molar-refractivity contribution >= 4 is 0 Å². The molecule has 12 heteroatoms. The second-order valence-corrected chi connectivity index (χ2v) is 31.6. The Labute approximate surface area is 503 Å². The maximum absolute atomic E-state index is 4.26. The van der Waals surface area contributed by atoms with Crippen molar-refractivity contribution < 1.29 is 0 Å². The van der Waals surface area contributed by atoms with Crippen molar-refractivity contribution in [3.05, 3.63) is 47.6 Å². The van der Waals surface area contributed by atoms with Gasteiger partial charge in [-0.25, -0.2) is 0 Å². The molecule has 4 aromatic heterocycles. The third-order valence-electron chi connectivity index (χ3n) is 11.3. The lowest BCUT2D eigenvalue weighted by atomic mass is 9.91. The zero-order valence-electron chi connectivity index (χ0n) is 57.2. The summed E-state index contributed by atoms with van der Waals surface area (Å²) in [5.74, 6) is 26.1. The molecule has 4 rings (SSSR count). The van der Waals surface area contributed by atoms with Crippen LogP contribution in [0, 0.1) is 90.7 Å². The fraction of sp³-hybridized carbons (Fsp3) is 0.771. The zero-order valence-corrected chi connectivity index (χ0v) is 57.2. The van der Waals surface area contributed by atoms with Gasteiger partial charge in [0.1, 0.15) is 0 Å². The van der Waals surface area contributed by atoms with Crippen molar-refractivity contribution in [1.29, 1.82) is 0 Å². The van der Waals surface area contributed by atoms with Crippen LogP contribution in [0.5, 0.6) is 0 Å². The van der Waals surface area contributed by atoms with E-state index in [0.29, 0.717) is 0 Å². The molecular formula is C70H120N12. The van der Waals surface area contributed by atoms with Crippen LogP contribution < -0.4 is 0 Å². The standard InChI is InChI=1S/C19H33N3.C18H31N3.C17H29N3.C16H27N3/c1-18(2,3)13-11-9-7-8-10-12-14-22-16-17(20-21-22)15-19(4,5)6;1-17(2,3)12-10-8-7-9-11-13-21-15-16(19-20-21)14-18(4,5)6;1-16(2,3)11-9-7-8-10-12-20-14-15(18-19-20)13-17(4,5)6;1-15(2,3)10-8-7-9-11-19-13-14(17-18-19)12-16(4,5)6/h16H,7-10,12,14-15H2,1-6H3;15H,7-9,11,13-14H2,1-6H3;14H,7-8,10,12-13H2,1-6H3;13H,7,9,11-12H2,1-6H3. The Hall–Kier alpha value is -5.20. The number of hydrogen-bond acceptors (Lipinski definition) is 8. The highest BCUT2D eigenvalue weighted by molar-refractivity contribution is 5.09. The van der Waals surface area contributed by atoms with E-state index in [4.69, 9.17) is 0 Å². The number of hydrogen-bond donors (Lipinski definition) is 0. The Morgan fingerprint density at radius 1 is 0.268 bits per heavy atom. The molecular weight excluding hydrogens is 1010 g/mol. The molecule has 0 N–H and O–H groups in total. The normalized spacial score (nSPS) is 12.1. The highest BCUT2D eigenvalue weighted by atomic mass is 15.4. The molecule has 0 radical (unpaired) electrons. The molecule has 0 aliphatic heterocycles. The van der Waals surface area contributed by atoms with Gasteiger partial charge in [-0.1, -0.05) is 147 Å². The van der Waals surface area contributed by atoms with Gasteiger partial charge in [-0.05, 0) is 175 Å². The van der Waals surface area contributed by atoms with E-state index in [2.05, 4.69) is 280 Å². The van der Waals surface area contributed by atoms with Crippen LogP contribution in [0.1, 0.15) is 279 Å². The summed E-state index contributed by atoms with van der Waals surface area (Å²) in [6, 6.07) is 0. The van der Waals surface area contributed by atoms with E-state index in [1.54, 1.807) is 0 Å². The van der Waals surface area contributed by atoms with Crippen LogP contribution >= 0.6 is 0 Å². The molecule has 0 amide bonds. The van der Waals surface area contributed by atoms with Crippen LogP contribution in [0.15, 0.2) is 24.8 Å². The van der Waals surface area contributed by atoms with Crippen LogP contribution in [-0.4, -0.2) is 60.0 Å². The molecule has 0 unspecified atom stereocenters. The van der Waals surface area contributed by atoms with Crippen molar-refractivity contribution in [2.75, 3.05) is 0 Å².